The summed E-state index contributed by atoms with van der Waals surface area (Å²) in [5.41, 5.74) is 2.45. The highest BCUT2D eigenvalue weighted by molar-refractivity contribution is 7.99. The Morgan fingerprint density at radius 1 is 1.03 bits per heavy atom. The zero-order valence-corrected chi connectivity index (χ0v) is 19.3. The molecule has 2 aromatic carbocycles. The highest BCUT2D eigenvalue weighted by Gasteiger charge is 2.22. The fraction of sp³-hybridized carbons (Fsp3) is 0.304. The average Bonchev–Trinajstić information content (AvgIpc) is 3.18. The van der Waals surface area contributed by atoms with Gasteiger partial charge in [-0.2, -0.15) is 0 Å². The summed E-state index contributed by atoms with van der Waals surface area (Å²) < 4.78 is 15.0. The lowest BCUT2D eigenvalue weighted by atomic mass is 10.2. The zero-order valence-electron chi connectivity index (χ0n) is 18.5. The van der Waals surface area contributed by atoms with Crippen molar-refractivity contribution in [1.29, 1.82) is 0 Å². The molecule has 8 nitrogen and oxygen atoms in total. The fourth-order valence-corrected chi connectivity index (χ4v) is 4.64. The molecule has 0 atom stereocenters. The van der Waals surface area contributed by atoms with E-state index in [-0.39, 0.29) is 23.4 Å². The normalized spacial score (nSPS) is 13.8. The Kier molecular flexibility index (Phi) is 6.93. The van der Waals surface area contributed by atoms with E-state index in [0.717, 1.165) is 11.4 Å². The summed E-state index contributed by atoms with van der Waals surface area (Å²) in [6.07, 6.45) is 0. The van der Waals surface area contributed by atoms with Gasteiger partial charge >= 0.3 is 0 Å². The standard InChI is InChI=1S/C23H25FN6O2S/c1-16-26-27-23(30(16)21-5-3-4-19(14-21)25-17(2)31)33-15-22(32)29-12-10-28(11-13-29)20-8-6-18(24)7-9-20/h3-9,14H,10-13,15H2,1-2H3,(H,25,31). The Morgan fingerprint density at radius 3 is 2.45 bits per heavy atom. The molecule has 0 aliphatic carbocycles. The largest absolute Gasteiger partial charge is 0.368 e. The minimum Gasteiger partial charge on any atom is -0.368 e. The molecule has 0 radical (unpaired) electrons. The molecule has 2 heterocycles. The lowest BCUT2D eigenvalue weighted by Crippen LogP contribution is -2.49. The number of rotatable bonds is 6. The first-order valence-electron chi connectivity index (χ1n) is 10.6. The fourth-order valence-electron chi connectivity index (χ4n) is 3.74. The van der Waals surface area contributed by atoms with E-state index in [2.05, 4.69) is 20.4 Å². The van der Waals surface area contributed by atoms with Crippen LogP contribution in [0.4, 0.5) is 15.8 Å². The van der Waals surface area contributed by atoms with E-state index in [0.29, 0.717) is 42.8 Å². The lowest BCUT2D eigenvalue weighted by Gasteiger charge is -2.36. The number of halogens is 1. The molecule has 1 aromatic heterocycles. The highest BCUT2D eigenvalue weighted by atomic mass is 32.2. The van der Waals surface area contributed by atoms with Gasteiger partial charge in [0.25, 0.3) is 0 Å². The van der Waals surface area contributed by atoms with Crippen LogP contribution < -0.4 is 10.2 Å². The van der Waals surface area contributed by atoms with E-state index in [4.69, 9.17) is 0 Å². The van der Waals surface area contributed by atoms with Crippen LogP contribution in [-0.4, -0.2) is 63.4 Å². The maximum atomic E-state index is 13.2. The van der Waals surface area contributed by atoms with Crippen LogP contribution in [0.3, 0.4) is 0 Å². The zero-order chi connectivity index (χ0) is 23.4. The SMILES string of the molecule is CC(=O)Nc1cccc(-n2c(C)nnc2SCC(=O)N2CCN(c3ccc(F)cc3)CC2)c1. The first kappa shape index (κ1) is 22.8. The third-order valence-corrected chi connectivity index (χ3v) is 6.28. The molecule has 2 amide bonds. The van der Waals surface area contributed by atoms with Crippen molar-refractivity contribution in [1.82, 2.24) is 19.7 Å². The van der Waals surface area contributed by atoms with Crippen molar-refractivity contribution < 1.29 is 14.0 Å². The van der Waals surface area contributed by atoms with Crippen LogP contribution in [0, 0.1) is 12.7 Å². The number of anilines is 2. The molecule has 1 aliphatic heterocycles. The molecule has 172 valence electrons. The van der Waals surface area contributed by atoms with Crippen molar-refractivity contribution in [3.05, 3.63) is 60.2 Å². The number of piperazine rings is 1. The second-order valence-corrected chi connectivity index (χ2v) is 8.67. The Balaban J connectivity index is 1.37. The first-order chi connectivity index (χ1) is 15.9. The van der Waals surface area contributed by atoms with Gasteiger partial charge in [-0.15, -0.1) is 10.2 Å². The average molecular weight is 469 g/mol. The van der Waals surface area contributed by atoms with Crippen molar-refractivity contribution in [3.63, 3.8) is 0 Å². The van der Waals surface area contributed by atoms with Crippen molar-refractivity contribution >= 4 is 35.0 Å². The quantitative estimate of drug-likeness (QED) is 0.560. The number of carbonyl (C=O) groups excluding carboxylic acids is 2. The monoisotopic (exact) mass is 468 g/mol. The Bertz CT molecular complexity index is 1140. The van der Waals surface area contributed by atoms with Gasteiger partial charge in [-0.25, -0.2) is 4.39 Å². The second kappa shape index (κ2) is 10.0. The molecule has 0 unspecified atom stereocenters. The highest BCUT2D eigenvalue weighted by Crippen LogP contribution is 2.24. The number of carbonyl (C=O) groups is 2. The summed E-state index contributed by atoms with van der Waals surface area (Å²) in [5.74, 6) is 0.581. The second-order valence-electron chi connectivity index (χ2n) is 7.73. The van der Waals surface area contributed by atoms with E-state index in [9.17, 15) is 14.0 Å². The van der Waals surface area contributed by atoms with Crippen LogP contribution in [-0.2, 0) is 9.59 Å². The molecule has 10 heteroatoms. The summed E-state index contributed by atoms with van der Waals surface area (Å²) in [7, 11) is 0. The van der Waals surface area contributed by atoms with E-state index >= 15 is 0 Å². The molecule has 1 N–H and O–H groups in total. The maximum absolute atomic E-state index is 13.2. The number of hydrogen-bond acceptors (Lipinski definition) is 6. The number of benzene rings is 2. The predicted molar refractivity (Wildman–Crippen MR) is 126 cm³/mol. The van der Waals surface area contributed by atoms with Gasteiger partial charge in [0.1, 0.15) is 11.6 Å². The summed E-state index contributed by atoms with van der Waals surface area (Å²) in [5, 5.41) is 11.8. The van der Waals surface area contributed by atoms with Crippen LogP contribution in [0.25, 0.3) is 5.69 Å². The van der Waals surface area contributed by atoms with Gasteiger partial charge in [0.15, 0.2) is 5.16 Å². The van der Waals surface area contributed by atoms with Gasteiger partial charge in [-0.05, 0) is 49.4 Å². The number of aryl methyl sites for hydroxylation is 1. The predicted octanol–water partition coefficient (Wildman–Crippen LogP) is 3.11. The topological polar surface area (TPSA) is 83.4 Å². The molecule has 1 fully saturated rings. The van der Waals surface area contributed by atoms with Gasteiger partial charge in [0.05, 0.1) is 11.4 Å². The molecule has 0 saturated carbocycles. The minimum absolute atomic E-state index is 0.0398. The molecule has 1 saturated heterocycles. The van der Waals surface area contributed by atoms with Crippen LogP contribution in [0.2, 0.25) is 0 Å². The maximum Gasteiger partial charge on any atom is 0.233 e. The lowest BCUT2D eigenvalue weighted by molar-refractivity contribution is -0.128. The van der Waals surface area contributed by atoms with Gasteiger partial charge in [0, 0.05) is 44.5 Å². The number of hydrogen-bond donors (Lipinski definition) is 1. The van der Waals surface area contributed by atoms with E-state index in [1.165, 1.54) is 30.8 Å². The molecule has 0 spiro atoms. The minimum atomic E-state index is -0.255. The van der Waals surface area contributed by atoms with Crippen molar-refractivity contribution in [2.75, 3.05) is 42.1 Å². The molecule has 4 rings (SSSR count). The Labute approximate surface area is 195 Å². The van der Waals surface area contributed by atoms with Crippen molar-refractivity contribution in [2.24, 2.45) is 0 Å². The molecular weight excluding hydrogens is 443 g/mol. The van der Waals surface area contributed by atoms with Gasteiger partial charge in [-0.1, -0.05) is 17.8 Å². The smallest absolute Gasteiger partial charge is 0.233 e. The van der Waals surface area contributed by atoms with Crippen molar-refractivity contribution in [3.8, 4) is 5.69 Å². The first-order valence-corrected chi connectivity index (χ1v) is 11.6. The molecular formula is C23H25FN6O2S. The van der Waals surface area contributed by atoms with Gasteiger partial charge in [0.2, 0.25) is 11.8 Å². The van der Waals surface area contributed by atoms with Crippen LogP contribution in [0.5, 0.6) is 0 Å². The summed E-state index contributed by atoms with van der Waals surface area (Å²) >= 11 is 1.34. The number of nitrogens with zero attached hydrogens (tertiary/aromatic N) is 5. The number of amides is 2. The molecule has 33 heavy (non-hydrogen) atoms. The number of nitrogens with one attached hydrogen (secondary N) is 1. The number of aromatic nitrogens is 3. The van der Waals surface area contributed by atoms with Crippen molar-refractivity contribution in [2.45, 2.75) is 19.0 Å². The van der Waals surface area contributed by atoms with E-state index in [1.54, 1.807) is 12.1 Å². The summed E-state index contributed by atoms with van der Waals surface area (Å²) in [4.78, 5) is 28.2. The summed E-state index contributed by atoms with van der Waals surface area (Å²) in [6.45, 7) is 5.94. The number of thioether (sulfide) groups is 1. The van der Waals surface area contributed by atoms with Gasteiger partial charge in [-0.3, -0.25) is 14.2 Å². The van der Waals surface area contributed by atoms with Crippen LogP contribution in [0.1, 0.15) is 12.7 Å². The van der Waals surface area contributed by atoms with Crippen LogP contribution in [0.15, 0.2) is 53.7 Å². The van der Waals surface area contributed by atoms with E-state index < -0.39 is 0 Å². The van der Waals surface area contributed by atoms with E-state index in [1.807, 2.05) is 40.7 Å². The third kappa shape index (κ3) is 5.51. The molecule has 1 aliphatic rings. The summed E-state index contributed by atoms with van der Waals surface area (Å²) in [6, 6.07) is 13.8. The molecule has 3 aromatic rings. The Hall–Kier alpha value is -3.40. The third-order valence-electron chi connectivity index (χ3n) is 5.37. The molecule has 0 bridgehead atoms. The Morgan fingerprint density at radius 2 is 1.76 bits per heavy atom. The van der Waals surface area contributed by atoms with Gasteiger partial charge < -0.3 is 15.1 Å². The van der Waals surface area contributed by atoms with Crippen LogP contribution >= 0.6 is 11.8 Å².